The quantitative estimate of drug-likeness (QED) is 0.909. The van der Waals surface area contributed by atoms with Gasteiger partial charge in [-0.1, -0.05) is 19.9 Å². The monoisotopic (exact) mass is 340 g/mol. The lowest BCUT2D eigenvalue weighted by Crippen LogP contribution is -2.34. The van der Waals surface area contributed by atoms with Gasteiger partial charge in [0, 0.05) is 30.9 Å². The number of ether oxygens (including phenoxy) is 1. The summed E-state index contributed by atoms with van der Waals surface area (Å²) < 4.78 is 6.60. The van der Waals surface area contributed by atoms with Gasteiger partial charge in [0.2, 0.25) is 11.8 Å². The molecule has 1 aliphatic carbocycles. The highest BCUT2D eigenvalue weighted by Crippen LogP contribution is 2.31. The number of aromatic nitrogens is 2. The molecule has 2 amide bonds. The lowest BCUT2D eigenvalue weighted by atomic mass is 9.82. The second-order valence-corrected chi connectivity index (χ2v) is 6.29. The van der Waals surface area contributed by atoms with Gasteiger partial charge in [-0.05, 0) is 23.6 Å². The number of allylic oxidation sites excluding steroid dienone is 3. The van der Waals surface area contributed by atoms with Gasteiger partial charge in [-0.15, -0.1) is 5.10 Å². The Bertz CT molecular complexity index is 856. The number of hydrogen-bond acceptors (Lipinski definition) is 4. The van der Waals surface area contributed by atoms with E-state index in [1.807, 2.05) is 6.08 Å². The summed E-state index contributed by atoms with van der Waals surface area (Å²) in [5.41, 5.74) is 2.56. The zero-order chi connectivity index (χ0) is 18.1. The minimum atomic E-state index is -0.443. The van der Waals surface area contributed by atoms with E-state index in [4.69, 9.17) is 4.74 Å². The van der Waals surface area contributed by atoms with E-state index in [-0.39, 0.29) is 23.6 Å². The van der Waals surface area contributed by atoms with E-state index in [0.717, 1.165) is 11.3 Å². The molecule has 0 saturated heterocycles. The van der Waals surface area contributed by atoms with E-state index in [1.165, 1.54) is 11.8 Å². The summed E-state index contributed by atoms with van der Waals surface area (Å²) in [4.78, 5) is 28.4. The average Bonchev–Trinajstić information content (AvgIpc) is 2.94. The number of hydrogen-bond donors (Lipinski definition) is 1. The number of fused-ring (bicyclic) bond motifs is 1. The van der Waals surface area contributed by atoms with Crippen molar-refractivity contribution in [3.05, 3.63) is 47.3 Å². The molecule has 2 heterocycles. The number of nitrogens with zero attached hydrogens (tertiary/aromatic N) is 3. The molecule has 3 rings (SSSR count). The third-order valence-corrected chi connectivity index (χ3v) is 4.14. The van der Waals surface area contributed by atoms with Crippen LogP contribution in [0.3, 0.4) is 0 Å². The van der Waals surface area contributed by atoms with Gasteiger partial charge in [0.25, 0.3) is 5.91 Å². The lowest BCUT2D eigenvalue weighted by molar-refractivity contribution is -0.116. The summed E-state index contributed by atoms with van der Waals surface area (Å²) in [6, 6.07) is 0. The van der Waals surface area contributed by atoms with E-state index in [0.29, 0.717) is 11.3 Å². The minimum Gasteiger partial charge on any atom is -0.479 e. The molecule has 7 nitrogen and oxygen atoms in total. The number of methoxy groups -OCH3 is 1. The summed E-state index contributed by atoms with van der Waals surface area (Å²) in [5, 5.41) is 6.89. The second-order valence-electron chi connectivity index (χ2n) is 6.29. The first kappa shape index (κ1) is 16.9. The number of aliphatic imine (C=N–C) groups is 1. The highest BCUT2D eigenvalue weighted by molar-refractivity contribution is 6.14. The van der Waals surface area contributed by atoms with Gasteiger partial charge in [-0.2, -0.15) is 0 Å². The van der Waals surface area contributed by atoms with E-state index >= 15 is 0 Å². The van der Waals surface area contributed by atoms with Crippen LogP contribution >= 0.6 is 0 Å². The molecule has 1 atom stereocenters. The summed E-state index contributed by atoms with van der Waals surface area (Å²) in [5.74, 6) is -0.0931. The van der Waals surface area contributed by atoms with Gasteiger partial charge in [-0.25, -0.2) is 4.99 Å². The highest BCUT2D eigenvalue weighted by atomic mass is 16.5. The highest BCUT2D eigenvalue weighted by Gasteiger charge is 2.28. The zero-order valence-electron chi connectivity index (χ0n) is 14.6. The molecule has 0 aromatic carbocycles. The summed E-state index contributed by atoms with van der Waals surface area (Å²) in [6.45, 7) is 4.11. The zero-order valence-corrected chi connectivity index (χ0v) is 14.6. The first-order valence-electron chi connectivity index (χ1n) is 8.02. The van der Waals surface area contributed by atoms with Crippen molar-refractivity contribution in [1.29, 1.82) is 0 Å². The van der Waals surface area contributed by atoms with Crippen LogP contribution in [0.1, 0.15) is 24.2 Å². The van der Waals surface area contributed by atoms with Gasteiger partial charge in [0.15, 0.2) is 0 Å². The fraction of sp³-hybridized carbons (Fsp3) is 0.333. The van der Waals surface area contributed by atoms with Crippen molar-refractivity contribution in [2.45, 2.75) is 13.8 Å². The van der Waals surface area contributed by atoms with Crippen LogP contribution in [-0.2, 0) is 11.8 Å². The predicted molar refractivity (Wildman–Crippen MR) is 93.3 cm³/mol. The Morgan fingerprint density at radius 2 is 2.16 bits per heavy atom. The summed E-state index contributed by atoms with van der Waals surface area (Å²) in [6.07, 6.45) is 8.69. The van der Waals surface area contributed by atoms with Crippen molar-refractivity contribution < 1.29 is 14.3 Å². The molecule has 1 aliphatic heterocycles. The Kier molecular flexibility index (Phi) is 4.39. The number of aryl methyl sites for hydroxylation is 1. The molecule has 1 aromatic heterocycles. The Labute approximate surface area is 145 Å². The van der Waals surface area contributed by atoms with Crippen molar-refractivity contribution in [2.24, 2.45) is 23.9 Å². The van der Waals surface area contributed by atoms with Gasteiger partial charge in [0.05, 0.1) is 12.8 Å². The average molecular weight is 340 g/mol. The topological polar surface area (TPSA) is 85.6 Å². The molecule has 7 heteroatoms. The molecule has 130 valence electrons. The van der Waals surface area contributed by atoms with E-state index in [1.54, 1.807) is 31.5 Å². The normalized spacial score (nSPS) is 20.9. The van der Waals surface area contributed by atoms with E-state index in [2.05, 4.69) is 29.3 Å². The van der Waals surface area contributed by atoms with Gasteiger partial charge in [-0.3, -0.25) is 14.3 Å². The van der Waals surface area contributed by atoms with E-state index in [9.17, 15) is 9.59 Å². The SMILES string of the molecule is COc1nn(C)cc1C(=O)N=C1C=CC2C(=C1)NC(=O)C=C2C(C)C. The number of amides is 2. The molecule has 1 unspecified atom stereocenters. The van der Waals surface area contributed by atoms with E-state index < -0.39 is 5.91 Å². The summed E-state index contributed by atoms with van der Waals surface area (Å²) >= 11 is 0. The number of carbonyl (C=O) groups excluding carboxylic acids is 2. The van der Waals surface area contributed by atoms with Crippen LogP contribution in [0.2, 0.25) is 0 Å². The van der Waals surface area contributed by atoms with Crippen LogP contribution in [0.15, 0.2) is 46.8 Å². The molecule has 25 heavy (non-hydrogen) atoms. The third kappa shape index (κ3) is 3.31. The van der Waals surface area contributed by atoms with Crippen molar-refractivity contribution >= 4 is 17.5 Å². The van der Waals surface area contributed by atoms with Crippen LogP contribution in [0.25, 0.3) is 0 Å². The van der Waals surface area contributed by atoms with Crippen LogP contribution in [0.4, 0.5) is 0 Å². The van der Waals surface area contributed by atoms with Crippen LogP contribution in [-0.4, -0.2) is 34.4 Å². The van der Waals surface area contributed by atoms with Crippen LogP contribution < -0.4 is 10.1 Å². The molecule has 1 aromatic rings. The number of nitrogens with one attached hydrogen (secondary N) is 1. The van der Waals surface area contributed by atoms with Crippen molar-refractivity contribution in [3.8, 4) is 5.88 Å². The first-order valence-corrected chi connectivity index (χ1v) is 8.02. The van der Waals surface area contributed by atoms with Crippen molar-refractivity contribution in [1.82, 2.24) is 15.1 Å². The Morgan fingerprint density at radius 3 is 2.84 bits per heavy atom. The molecule has 0 fully saturated rings. The van der Waals surface area contributed by atoms with Gasteiger partial charge >= 0.3 is 0 Å². The predicted octanol–water partition coefficient (Wildman–Crippen LogP) is 1.79. The van der Waals surface area contributed by atoms with Crippen LogP contribution in [0, 0.1) is 11.8 Å². The first-order chi connectivity index (χ1) is 11.9. The minimum absolute atomic E-state index is 0.0136. The largest absolute Gasteiger partial charge is 0.479 e. The lowest BCUT2D eigenvalue weighted by Gasteiger charge is -2.29. The molecule has 1 N–H and O–H groups in total. The Morgan fingerprint density at radius 1 is 1.40 bits per heavy atom. The van der Waals surface area contributed by atoms with Crippen molar-refractivity contribution in [2.75, 3.05) is 7.11 Å². The molecular formula is C18H20N4O3. The maximum atomic E-state index is 12.4. The smallest absolute Gasteiger partial charge is 0.284 e. The second kappa shape index (κ2) is 6.51. The standard InChI is InChI=1S/C18H20N4O3/c1-10(2)13-8-16(23)20-15-7-11(5-6-12(13)15)19-17(24)14-9-22(3)21-18(14)25-4/h5-10,12H,1-4H3,(H,20,23). The fourth-order valence-corrected chi connectivity index (χ4v) is 2.96. The molecule has 0 radical (unpaired) electrons. The fourth-order valence-electron chi connectivity index (χ4n) is 2.96. The van der Waals surface area contributed by atoms with Gasteiger partial charge < -0.3 is 10.1 Å². The van der Waals surface area contributed by atoms with Gasteiger partial charge in [0.1, 0.15) is 5.56 Å². The molecule has 0 bridgehead atoms. The maximum absolute atomic E-state index is 12.4. The maximum Gasteiger partial charge on any atom is 0.284 e. The van der Waals surface area contributed by atoms with Crippen LogP contribution in [0.5, 0.6) is 5.88 Å². The molecular weight excluding hydrogens is 320 g/mol. The molecule has 0 saturated carbocycles. The Balaban J connectivity index is 1.90. The molecule has 2 aliphatic rings. The number of rotatable bonds is 3. The third-order valence-electron chi connectivity index (χ3n) is 4.14. The number of carbonyl (C=O) groups is 2. The Hall–Kier alpha value is -2.96. The summed E-state index contributed by atoms with van der Waals surface area (Å²) in [7, 11) is 3.16. The molecule has 0 spiro atoms. The van der Waals surface area contributed by atoms with Crippen molar-refractivity contribution in [3.63, 3.8) is 0 Å².